The molecular formula is C26H28F2N2OSi. The average Bonchev–Trinajstić information content (AvgIpc) is 3.15. The molecule has 4 rings (SSSR count). The highest BCUT2D eigenvalue weighted by Gasteiger charge is 2.37. The fraction of sp³-hybridized carbons (Fsp3) is 0.269. The topological polar surface area (TPSA) is 26.5 Å². The zero-order chi connectivity index (χ0) is 23.1. The Morgan fingerprint density at radius 3 is 2.28 bits per heavy atom. The van der Waals surface area contributed by atoms with Crippen molar-refractivity contribution in [2.75, 3.05) is 0 Å². The predicted molar refractivity (Wildman–Crippen MR) is 128 cm³/mol. The maximum absolute atomic E-state index is 14.9. The summed E-state index contributed by atoms with van der Waals surface area (Å²) in [4.78, 5) is 4.63. The number of nitrogens with zero attached hydrogens (tertiary/aromatic N) is 2. The molecule has 0 saturated carbocycles. The van der Waals surface area contributed by atoms with E-state index in [4.69, 9.17) is 4.43 Å². The Labute approximate surface area is 188 Å². The van der Waals surface area contributed by atoms with Crippen molar-refractivity contribution in [3.8, 4) is 22.4 Å². The monoisotopic (exact) mass is 450 g/mol. The molecule has 0 radical (unpaired) electrons. The molecular weight excluding hydrogens is 422 g/mol. The molecule has 166 valence electrons. The predicted octanol–water partition coefficient (Wildman–Crippen LogP) is 7.47. The zero-order valence-electron chi connectivity index (χ0n) is 19.1. The lowest BCUT2D eigenvalue weighted by Crippen LogP contribution is -2.40. The van der Waals surface area contributed by atoms with Gasteiger partial charge in [-0.3, -0.25) is 0 Å². The summed E-state index contributed by atoms with van der Waals surface area (Å²) in [5.41, 5.74) is 4.62. The molecule has 0 aliphatic rings. The molecule has 3 nitrogen and oxygen atoms in total. The molecule has 0 aliphatic heterocycles. The normalized spacial score (nSPS) is 12.5. The standard InChI is InChI=1S/C26H28F2N2OSi/c1-26(2,3)32(4,5)31-17-22-21(7-6-8-23(22)28)19-11-14-25-29-24(16-30(25)15-19)18-9-12-20(27)13-10-18/h6-16H,17H2,1-5H3. The van der Waals surface area contributed by atoms with Crippen LogP contribution in [0.25, 0.3) is 28.0 Å². The van der Waals surface area contributed by atoms with Gasteiger partial charge < -0.3 is 8.83 Å². The molecule has 2 aromatic carbocycles. The largest absolute Gasteiger partial charge is 0.412 e. The van der Waals surface area contributed by atoms with Crippen LogP contribution in [0.1, 0.15) is 26.3 Å². The van der Waals surface area contributed by atoms with Crippen molar-refractivity contribution in [1.29, 1.82) is 0 Å². The van der Waals surface area contributed by atoms with Crippen LogP contribution in [0.5, 0.6) is 0 Å². The quantitative estimate of drug-likeness (QED) is 0.295. The molecule has 0 spiro atoms. The van der Waals surface area contributed by atoms with Gasteiger partial charge in [-0.05, 0) is 71.7 Å². The fourth-order valence-electron chi connectivity index (χ4n) is 3.36. The molecule has 0 saturated heterocycles. The highest BCUT2D eigenvalue weighted by molar-refractivity contribution is 6.74. The highest BCUT2D eigenvalue weighted by atomic mass is 28.4. The Balaban J connectivity index is 1.70. The first-order chi connectivity index (χ1) is 15.0. The Hall–Kier alpha value is -2.83. The van der Waals surface area contributed by atoms with Gasteiger partial charge >= 0.3 is 0 Å². The SMILES string of the molecule is CC(C)(C)[Si](C)(C)OCc1c(F)cccc1-c1ccc2nc(-c3ccc(F)cc3)cn2c1. The second kappa shape index (κ2) is 8.26. The second-order valence-electron chi connectivity index (χ2n) is 9.63. The first-order valence-electron chi connectivity index (χ1n) is 10.7. The zero-order valence-corrected chi connectivity index (χ0v) is 20.1. The molecule has 0 atom stereocenters. The minimum Gasteiger partial charge on any atom is -0.412 e. The summed E-state index contributed by atoms with van der Waals surface area (Å²) in [7, 11) is -2.02. The number of aromatic nitrogens is 2. The van der Waals surface area contributed by atoms with Crippen LogP contribution in [0.2, 0.25) is 18.1 Å². The van der Waals surface area contributed by atoms with Gasteiger partial charge in [0.25, 0.3) is 0 Å². The number of hydrogen-bond acceptors (Lipinski definition) is 2. The fourth-order valence-corrected chi connectivity index (χ4v) is 4.29. The summed E-state index contributed by atoms with van der Waals surface area (Å²) in [5.74, 6) is -0.544. The number of halogens is 2. The Bertz CT molecular complexity index is 1260. The maximum Gasteiger partial charge on any atom is 0.192 e. The van der Waals surface area contributed by atoms with Crippen LogP contribution in [0, 0.1) is 11.6 Å². The van der Waals surface area contributed by atoms with E-state index in [9.17, 15) is 8.78 Å². The summed E-state index contributed by atoms with van der Waals surface area (Å²) in [5, 5.41) is 0.0465. The van der Waals surface area contributed by atoms with Crippen molar-refractivity contribution >= 4 is 14.0 Å². The number of imidazole rings is 1. The molecule has 0 bridgehead atoms. The van der Waals surface area contributed by atoms with Gasteiger partial charge in [0.05, 0.1) is 12.3 Å². The van der Waals surface area contributed by atoms with E-state index < -0.39 is 8.32 Å². The first kappa shape index (κ1) is 22.4. The summed E-state index contributed by atoms with van der Waals surface area (Å²) < 4.78 is 36.4. The third-order valence-corrected chi connectivity index (χ3v) is 10.9. The Morgan fingerprint density at radius 2 is 1.59 bits per heavy atom. The summed E-state index contributed by atoms with van der Waals surface area (Å²) >= 11 is 0. The van der Waals surface area contributed by atoms with Crippen molar-refractivity contribution in [3.63, 3.8) is 0 Å². The van der Waals surface area contributed by atoms with Crippen LogP contribution >= 0.6 is 0 Å². The number of benzene rings is 2. The van der Waals surface area contributed by atoms with Crippen LogP contribution in [0.4, 0.5) is 8.78 Å². The molecule has 2 aromatic heterocycles. The highest BCUT2D eigenvalue weighted by Crippen LogP contribution is 2.38. The third-order valence-electron chi connectivity index (χ3n) is 6.40. The van der Waals surface area contributed by atoms with Crippen molar-refractivity contribution in [3.05, 3.63) is 84.2 Å². The van der Waals surface area contributed by atoms with Gasteiger partial charge in [-0.2, -0.15) is 0 Å². The Morgan fingerprint density at radius 1 is 0.906 bits per heavy atom. The van der Waals surface area contributed by atoms with E-state index in [-0.39, 0.29) is 23.3 Å². The third kappa shape index (κ3) is 4.38. The molecule has 32 heavy (non-hydrogen) atoms. The minimum atomic E-state index is -2.02. The van der Waals surface area contributed by atoms with Crippen molar-refractivity contribution in [2.45, 2.75) is 45.5 Å². The molecule has 0 fully saturated rings. The molecule has 0 N–H and O–H groups in total. The van der Waals surface area contributed by atoms with Gasteiger partial charge in [-0.1, -0.05) is 32.9 Å². The lowest BCUT2D eigenvalue weighted by atomic mass is 10.0. The van der Waals surface area contributed by atoms with E-state index in [0.29, 0.717) is 5.56 Å². The van der Waals surface area contributed by atoms with E-state index in [1.165, 1.54) is 18.2 Å². The molecule has 6 heteroatoms. The number of fused-ring (bicyclic) bond motifs is 1. The number of rotatable bonds is 5. The first-order valence-corrected chi connectivity index (χ1v) is 13.6. The molecule has 2 heterocycles. The molecule has 0 unspecified atom stereocenters. The van der Waals surface area contributed by atoms with Crippen LogP contribution in [0.3, 0.4) is 0 Å². The molecule has 4 aromatic rings. The van der Waals surface area contributed by atoms with Crippen molar-refractivity contribution in [1.82, 2.24) is 9.38 Å². The second-order valence-corrected chi connectivity index (χ2v) is 14.4. The van der Waals surface area contributed by atoms with Gasteiger partial charge in [-0.25, -0.2) is 13.8 Å². The number of pyridine rings is 1. The lowest BCUT2D eigenvalue weighted by Gasteiger charge is -2.36. The van der Waals surface area contributed by atoms with Crippen molar-refractivity contribution < 1.29 is 13.2 Å². The van der Waals surface area contributed by atoms with Crippen molar-refractivity contribution in [2.24, 2.45) is 0 Å². The van der Waals surface area contributed by atoms with Gasteiger partial charge in [-0.15, -0.1) is 0 Å². The van der Waals surface area contributed by atoms with E-state index in [1.54, 1.807) is 18.2 Å². The smallest absolute Gasteiger partial charge is 0.192 e. The van der Waals surface area contributed by atoms with Crippen LogP contribution in [0.15, 0.2) is 67.0 Å². The van der Waals surface area contributed by atoms with Gasteiger partial charge in [0.2, 0.25) is 0 Å². The summed E-state index contributed by atoms with van der Waals surface area (Å²) in [6, 6.07) is 15.2. The molecule has 0 aliphatic carbocycles. The molecule has 0 amide bonds. The maximum atomic E-state index is 14.9. The van der Waals surface area contributed by atoms with E-state index in [2.05, 4.69) is 38.8 Å². The van der Waals surface area contributed by atoms with E-state index in [1.807, 2.05) is 35.0 Å². The van der Waals surface area contributed by atoms with Gasteiger partial charge in [0, 0.05) is 23.5 Å². The van der Waals surface area contributed by atoms with E-state index >= 15 is 0 Å². The lowest BCUT2D eigenvalue weighted by molar-refractivity contribution is 0.271. The summed E-state index contributed by atoms with van der Waals surface area (Å²) in [6.07, 6.45) is 3.84. The minimum absolute atomic E-state index is 0.0465. The van der Waals surface area contributed by atoms with Crippen LogP contribution in [-0.2, 0) is 11.0 Å². The number of hydrogen-bond donors (Lipinski definition) is 0. The summed E-state index contributed by atoms with van der Waals surface area (Å²) in [6.45, 7) is 11.1. The average molecular weight is 451 g/mol. The van der Waals surface area contributed by atoms with Gasteiger partial charge in [0.15, 0.2) is 8.32 Å². The Kier molecular flexibility index (Phi) is 5.77. The van der Waals surface area contributed by atoms with Crippen LogP contribution in [-0.4, -0.2) is 17.7 Å². The van der Waals surface area contributed by atoms with Crippen LogP contribution < -0.4 is 0 Å². The van der Waals surface area contributed by atoms with Gasteiger partial charge in [0.1, 0.15) is 17.3 Å². The van der Waals surface area contributed by atoms with E-state index in [0.717, 1.165) is 28.0 Å².